The van der Waals surface area contributed by atoms with E-state index in [2.05, 4.69) is 21.2 Å². The molecule has 0 aliphatic heterocycles. The van der Waals surface area contributed by atoms with Crippen molar-refractivity contribution in [2.75, 3.05) is 11.9 Å². The fraction of sp³-hybridized carbons (Fsp3) is 0.417. The van der Waals surface area contributed by atoms with Crippen molar-refractivity contribution < 1.29 is 4.79 Å². The van der Waals surface area contributed by atoms with Gasteiger partial charge >= 0.3 is 0 Å². The van der Waals surface area contributed by atoms with Crippen LogP contribution in [-0.4, -0.2) is 17.8 Å². The van der Waals surface area contributed by atoms with E-state index < -0.39 is 0 Å². The number of amides is 1. The second kappa shape index (κ2) is 5.17. The maximum Gasteiger partial charge on any atom is 0.252 e. The molecule has 1 aromatic carbocycles. The molecule has 1 saturated carbocycles. The summed E-state index contributed by atoms with van der Waals surface area (Å²) in [5, 5.41) is 4.76. The Morgan fingerprint density at radius 1 is 1.41 bits per heavy atom. The lowest BCUT2D eigenvalue weighted by Gasteiger charge is -2.13. The largest absolute Gasteiger partial charge is 0.351 e. The number of hydrogen-bond acceptors (Lipinski definition) is 1. The van der Waals surface area contributed by atoms with E-state index in [0.29, 0.717) is 22.2 Å². The van der Waals surface area contributed by atoms with Crippen LogP contribution in [0.25, 0.3) is 0 Å². The second-order valence-electron chi connectivity index (χ2n) is 4.44. The number of hydrogen-bond donors (Lipinski definition) is 1. The van der Waals surface area contributed by atoms with Gasteiger partial charge in [-0.15, -0.1) is 0 Å². The molecule has 0 bridgehead atoms. The normalized spacial score (nSPS) is 16.6. The monoisotopic (exact) mass is 335 g/mol. The van der Waals surface area contributed by atoms with E-state index in [1.165, 1.54) is 0 Å². The fourth-order valence-corrected chi connectivity index (χ4v) is 2.82. The molecule has 1 aliphatic rings. The molecule has 1 N–H and O–H groups in total. The quantitative estimate of drug-likeness (QED) is 0.830. The lowest BCUT2D eigenvalue weighted by atomic mass is 10.1. The van der Waals surface area contributed by atoms with Crippen LogP contribution in [0.1, 0.15) is 23.2 Å². The summed E-state index contributed by atoms with van der Waals surface area (Å²) < 4.78 is 0. The SMILES string of the molecule is O=C(NCC1(CBr)CC1)c1ccc(Cl)cc1Cl. The first kappa shape index (κ1) is 13.2. The number of nitrogens with one attached hydrogen (secondary N) is 1. The summed E-state index contributed by atoms with van der Waals surface area (Å²) in [6.45, 7) is 0.691. The van der Waals surface area contributed by atoms with Crippen LogP contribution in [0.2, 0.25) is 10.0 Å². The molecule has 92 valence electrons. The lowest BCUT2D eigenvalue weighted by Crippen LogP contribution is -2.31. The first-order chi connectivity index (χ1) is 8.06. The highest BCUT2D eigenvalue weighted by Crippen LogP contribution is 2.46. The van der Waals surface area contributed by atoms with Crippen molar-refractivity contribution >= 4 is 45.0 Å². The zero-order valence-corrected chi connectivity index (χ0v) is 12.2. The summed E-state index contributed by atoms with van der Waals surface area (Å²) in [5.41, 5.74) is 0.732. The number of carbonyl (C=O) groups excluding carboxylic acids is 1. The maximum absolute atomic E-state index is 11.9. The number of carbonyl (C=O) groups is 1. The Labute approximate surface area is 119 Å². The molecule has 2 nitrogen and oxygen atoms in total. The molecule has 0 radical (unpaired) electrons. The van der Waals surface area contributed by atoms with Crippen molar-refractivity contribution in [3.8, 4) is 0 Å². The third kappa shape index (κ3) is 3.15. The number of alkyl halides is 1. The Morgan fingerprint density at radius 3 is 2.65 bits per heavy atom. The standard InChI is InChI=1S/C12H12BrCl2NO/c13-6-12(3-4-12)7-16-11(17)9-2-1-8(14)5-10(9)15/h1-2,5H,3-4,6-7H2,(H,16,17). The van der Waals surface area contributed by atoms with E-state index in [1.54, 1.807) is 18.2 Å². The van der Waals surface area contributed by atoms with Crippen molar-refractivity contribution in [3.63, 3.8) is 0 Å². The molecule has 0 saturated heterocycles. The summed E-state index contributed by atoms with van der Waals surface area (Å²) in [4.78, 5) is 11.9. The Kier molecular flexibility index (Phi) is 4.01. The van der Waals surface area contributed by atoms with E-state index in [9.17, 15) is 4.79 Å². The molecule has 0 spiro atoms. The van der Waals surface area contributed by atoms with Gasteiger partial charge in [-0.25, -0.2) is 0 Å². The first-order valence-corrected chi connectivity index (χ1v) is 7.23. The van der Waals surface area contributed by atoms with Gasteiger partial charge in [-0.2, -0.15) is 0 Å². The molecule has 1 amide bonds. The highest BCUT2D eigenvalue weighted by molar-refractivity contribution is 9.09. The summed E-state index contributed by atoms with van der Waals surface area (Å²) in [7, 11) is 0. The minimum atomic E-state index is -0.140. The number of halogens is 3. The van der Waals surface area contributed by atoms with Crippen molar-refractivity contribution in [2.24, 2.45) is 5.41 Å². The highest BCUT2D eigenvalue weighted by atomic mass is 79.9. The molecule has 1 aromatic rings. The van der Waals surface area contributed by atoms with E-state index >= 15 is 0 Å². The predicted octanol–water partition coefficient (Wildman–Crippen LogP) is 3.90. The van der Waals surface area contributed by atoms with Crippen molar-refractivity contribution in [1.82, 2.24) is 5.32 Å². The Morgan fingerprint density at radius 2 is 2.12 bits per heavy atom. The van der Waals surface area contributed by atoms with E-state index in [0.717, 1.165) is 18.2 Å². The van der Waals surface area contributed by atoms with E-state index in [4.69, 9.17) is 23.2 Å². The van der Waals surface area contributed by atoms with Gasteiger partial charge < -0.3 is 5.32 Å². The molecule has 0 heterocycles. The molecule has 17 heavy (non-hydrogen) atoms. The molecule has 5 heteroatoms. The van der Waals surface area contributed by atoms with Gasteiger partial charge in [-0.05, 0) is 36.5 Å². The average molecular weight is 337 g/mol. The van der Waals surface area contributed by atoms with Gasteiger partial charge in [0.1, 0.15) is 0 Å². The Bertz CT molecular complexity index is 446. The molecule has 1 aliphatic carbocycles. The van der Waals surface area contributed by atoms with Gasteiger partial charge in [-0.3, -0.25) is 4.79 Å². The number of benzene rings is 1. The molecule has 0 unspecified atom stereocenters. The van der Waals surface area contributed by atoms with E-state index in [-0.39, 0.29) is 11.3 Å². The zero-order valence-electron chi connectivity index (χ0n) is 9.10. The lowest BCUT2D eigenvalue weighted by molar-refractivity contribution is 0.0947. The number of rotatable bonds is 4. The smallest absolute Gasteiger partial charge is 0.252 e. The summed E-state index contributed by atoms with van der Waals surface area (Å²) >= 11 is 15.2. The Balaban J connectivity index is 2.00. The third-order valence-electron chi connectivity index (χ3n) is 3.04. The van der Waals surface area contributed by atoms with E-state index in [1.807, 2.05) is 0 Å². The van der Waals surface area contributed by atoms with Crippen LogP contribution in [0.3, 0.4) is 0 Å². The molecule has 2 rings (SSSR count). The van der Waals surface area contributed by atoms with Crippen LogP contribution in [-0.2, 0) is 0 Å². The van der Waals surface area contributed by atoms with Crippen LogP contribution in [0.5, 0.6) is 0 Å². The molecule has 0 aromatic heterocycles. The van der Waals surface area contributed by atoms with Crippen LogP contribution in [0.15, 0.2) is 18.2 Å². The second-order valence-corrected chi connectivity index (χ2v) is 5.84. The summed E-state index contributed by atoms with van der Waals surface area (Å²) in [5.74, 6) is -0.140. The van der Waals surface area contributed by atoms with Crippen molar-refractivity contribution in [2.45, 2.75) is 12.8 Å². The summed E-state index contributed by atoms with van der Waals surface area (Å²) in [6, 6.07) is 4.89. The minimum Gasteiger partial charge on any atom is -0.351 e. The van der Waals surface area contributed by atoms with Gasteiger partial charge in [0.15, 0.2) is 0 Å². The van der Waals surface area contributed by atoms with Gasteiger partial charge in [0.25, 0.3) is 5.91 Å². The van der Waals surface area contributed by atoms with Crippen LogP contribution >= 0.6 is 39.1 Å². The van der Waals surface area contributed by atoms with Crippen LogP contribution in [0.4, 0.5) is 0 Å². The first-order valence-electron chi connectivity index (χ1n) is 5.36. The topological polar surface area (TPSA) is 29.1 Å². The highest BCUT2D eigenvalue weighted by Gasteiger charge is 2.41. The molecule has 0 atom stereocenters. The predicted molar refractivity (Wildman–Crippen MR) is 74.3 cm³/mol. The Hall–Kier alpha value is -0.250. The van der Waals surface area contributed by atoms with Gasteiger partial charge in [0.05, 0.1) is 10.6 Å². The summed E-state index contributed by atoms with van der Waals surface area (Å²) in [6.07, 6.45) is 2.32. The molecule has 1 fully saturated rings. The fourth-order valence-electron chi connectivity index (χ4n) is 1.57. The van der Waals surface area contributed by atoms with Gasteiger partial charge in [0, 0.05) is 16.9 Å². The minimum absolute atomic E-state index is 0.140. The van der Waals surface area contributed by atoms with Crippen molar-refractivity contribution in [3.05, 3.63) is 33.8 Å². The average Bonchev–Trinajstić information content (AvgIpc) is 3.07. The van der Waals surface area contributed by atoms with Crippen LogP contribution < -0.4 is 5.32 Å². The zero-order chi connectivity index (χ0) is 12.5. The van der Waals surface area contributed by atoms with Gasteiger partial charge in [0.2, 0.25) is 0 Å². The van der Waals surface area contributed by atoms with Crippen LogP contribution in [0, 0.1) is 5.41 Å². The molecular weight excluding hydrogens is 325 g/mol. The van der Waals surface area contributed by atoms with Crippen molar-refractivity contribution in [1.29, 1.82) is 0 Å². The van der Waals surface area contributed by atoms with Gasteiger partial charge in [-0.1, -0.05) is 39.1 Å². The maximum atomic E-state index is 11.9. The molecular formula is C12H12BrCl2NO. The third-order valence-corrected chi connectivity index (χ3v) is 4.78.